The summed E-state index contributed by atoms with van der Waals surface area (Å²) in [6.07, 6.45) is 3.12. The van der Waals surface area contributed by atoms with Crippen LogP contribution in [0.1, 0.15) is 10.5 Å². The lowest BCUT2D eigenvalue weighted by atomic mass is 10.2. The fourth-order valence-electron chi connectivity index (χ4n) is 1.98. The van der Waals surface area contributed by atoms with Crippen LogP contribution in [0.2, 0.25) is 0 Å². The zero-order chi connectivity index (χ0) is 14.1. The van der Waals surface area contributed by atoms with Gasteiger partial charge in [-0.3, -0.25) is 9.78 Å². The molecule has 2 aromatic heterocycles. The Morgan fingerprint density at radius 1 is 1.15 bits per heavy atom. The lowest BCUT2D eigenvalue weighted by molar-refractivity contribution is 0.0687. The summed E-state index contributed by atoms with van der Waals surface area (Å²) in [5.74, 6) is -1.34. The molecule has 0 aliphatic heterocycles. The predicted molar refractivity (Wildman–Crippen MR) is 72.1 cm³/mol. The number of carbonyl (C=O) groups is 1. The molecule has 1 aromatic carbocycles. The predicted octanol–water partition coefficient (Wildman–Crippen LogP) is 1.48. The van der Waals surface area contributed by atoms with Crippen molar-refractivity contribution in [2.24, 2.45) is 0 Å². The molecular formula is C14H9N3O3. The average molecular weight is 267 g/mol. The van der Waals surface area contributed by atoms with Crippen LogP contribution in [0.5, 0.6) is 0 Å². The maximum atomic E-state index is 11.4. The highest BCUT2D eigenvalue weighted by Crippen LogP contribution is 2.19. The van der Waals surface area contributed by atoms with E-state index in [2.05, 4.69) is 10.1 Å². The van der Waals surface area contributed by atoms with Crippen molar-refractivity contribution in [1.82, 2.24) is 14.8 Å². The molecule has 0 atom stereocenters. The van der Waals surface area contributed by atoms with E-state index in [9.17, 15) is 9.59 Å². The van der Waals surface area contributed by atoms with Crippen LogP contribution < -0.4 is 5.43 Å². The van der Waals surface area contributed by atoms with E-state index in [1.165, 1.54) is 16.9 Å². The van der Waals surface area contributed by atoms with Gasteiger partial charge in [0, 0.05) is 23.8 Å². The highest BCUT2D eigenvalue weighted by molar-refractivity contribution is 5.87. The van der Waals surface area contributed by atoms with Gasteiger partial charge in [-0.05, 0) is 24.3 Å². The molecule has 1 N–H and O–H groups in total. The number of aromatic nitrogens is 3. The Morgan fingerprint density at radius 2 is 2.00 bits per heavy atom. The Morgan fingerprint density at radius 3 is 2.80 bits per heavy atom. The number of rotatable bonds is 2. The third kappa shape index (κ3) is 1.93. The molecule has 0 amide bonds. The number of fused-ring (bicyclic) bond motifs is 1. The van der Waals surface area contributed by atoms with Gasteiger partial charge in [-0.25, -0.2) is 9.48 Å². The highest BCUT2D eigenvalue weighted by Gasteiger charge is 2.12. The molecule has 0 unspecified atom stereocenters. The molecule has 0 saturated carbocycles. The zero-order valence-electron chi connectivity index (χ0n) is 10.2. The van der Waals surface area contributed by atoms with E-state index >= 15 is 0 Å². The molecule has 0 bridgehead atoms. The number of benzene rings is 1. The molecule has 0 spiro atoms. The number of hydrogen-bond acceptors (Lipinski definition) is 4. The van der Waals surface area contributed by atoms with Gasteiger partial charge in [0.05, 0.1) is 11.2 Å². The maximum absolute atomic E-state index is 11.4. The standard InChI is InChI=1S/C14H9N3O3/c18-12-6-8-17(16-13(12)14(19)20)11-5-1-4-10-9(11)3-2-7-15-10/h1-8H,(H,19,20). The molecule has 0 aliphatic rings. The number of carboxylic acid groups (broad SMARTS) is 1. The molecule has 3 rings (SSSR count). The van der Waals surface area contributed by atoms with Gasteiger partial charge >= 0.3 is 5.97 Å². The first-order chi connectivity index (χ1) is 9.66. The number of pyridine rings is 1. The number of hydrogen-bond donors (Lipinski definition) is 1. The van der Waals surface area contributed by atoms with Crippen molar-refractivity contribution in [3.8, 4) is 5.69 Å². The molecule has 0 aliphatic carbocycles. The van der Waals surface area contributed by atoms with Crippen LogP contribution >= 0.6 is 0 Å². The Labute approximate surface area is 112 Å². The first kappa shape index (κ1) is 12.0. The lowest BCUT2D eigenvalue weighted by Crippen LogP contribution is -2.20. The first-order valence-corrected chi connectivity index (χ1v) is 5.84. The van der Waals surface area contributed by atoms with Crippen LogP contribution in [0, 0.1) is 0 Å². The Bertz CT molecular complexity index is 865. The van der Waals surface area contributed by atoms with E-state index in [0.29, 0.717) is 5.69 Å². The molecule has 0 fully saturated rings. The quantitative estimate of drug-likeness (QED) is 0.760. The maximum Gasteiger partial charge on any atom is 0.360 e. The summed E-state index contributed by atoms with van der Waals surface area (Å²) in [6.45, 7) is 0. The van der Waals surface area contributed by atoms with Gasteiger partial charge in [-0.2, -0.15) is 5.10 Å². The topological polar surface area (TPSA) is 85.1 Å². The third-order valence-electron chi connectivity index (χ3n) is 2.88. The minimum absolute atomic E-state index is 0.506. The van der Waals surface area contributed by atoms with E-state index in [1.54, 1.807) is 24.4 Å². The molecule has 3 aromatic rings. The van der Waals surface area contributed by atoms with Crippen LogP contribution in [-0.4, -0.2) is 25.8 Å². The fourth-order valence-corrected chi connectivity index (χ4v) is 1.98. The molecule has 6 nitrogen and oxygen atoms in total. The summed E-state index contributed by atoms with van der Waals surface area (Å²) in [7, 11) is 0. The van der Waals surface area contributed by atoms with Crippen molar-refractivity contribution in [1.29, 1.82) is 0 Å². The number of nitrogens with zero attached hydrogens (tertiary/aromatic N) is 3. The van der Waals surface area contributed by atoms with Gasteiger partial charge in [0.25, 0.3) is 0 Å². The van der Waals surface area contributed by atoms with Crippen LogP contribution in [0.4, 0.5) is 0 Å². The molecular weight excluding hydrogens is 258 g/mol. The first-order valence-electron chi connectivity index (χ1n) is 5.84. The largest absolute Gasteiger partial charge is 0.476 e. The summed E-state index contributed by atoms with van der Waals surface area (Å²) in [5.41, 5.74) is 0.306. The van der Waals surface area contributed by atoms with Crippen LogP contribution in [0.3, 0.4) is 0 Å². The Hall–Kier alpha value is -3.02. The van der Waals surface area contributed by atoms with Crippen molar-refractivity contribution in [3.63, 3.8) is 0 Å². The van der Waals surface area contributed by atoms with Crippen LogP contribution in [0.15, 0.2) is 53.6 Å². The van der Waals surface area contributed by atoms with Gasteiger partial charge in [0.1, 0.15) is 0 Å². The highest BCUT2D eigenvalue weighted by atomic mass is 16.4. The summed E-state index contributed by atoms with van der Waals surface area (Å²) in [6, 6.07) is 10.3. The Kier molecular flexibility index (Phi) is 2.76. The van der Waals surface area contributed by atoms with Crippen molar-refractivity contribution >= 4 is 16.9 Å². The molecule has 0 radical (unpaired) electrons. The van der Waals surface area contributed by atoms with E-state index in [1.807, 2.05) is 12.1 Å². The number of aromatic carboxylic acids is 1. The summed E-state index contributed by atoms with van der Waals surface area (Å²) in [4.78, 5) is 26.6. The second kappa shape index (κ2) is 4.58. The van der Waals surface area contributed by atoms with Gasteiger partial charge < -0.3 is 5.11 Å². The van der Waals surface area contributed by atoms with Crippen molar-refractivity contribution < 1.29 is 9.90 Å². The monoisotopic (exact) mass is 267 g/mol. The van der Waals surface area contributed by atoms with Crippen molar-refractivity contribution in [2.75, 3.05) is 0 Å². The summed E-state index contributed by atoms with van der Waals surface area (Å²) in [5, 5.41) is 13.7. The average Bonchev–Trinajstić information content (AvgIpc) is 2.47. The lowest BCUT2D eigenvalue weighted by Gasteiger charge is -2.08. The third-order valence-corrected chi connectivity index (χ3v) is 2.88. The van der Waals surface area contributed by atoms with Crippen LogP contribution in [-0.2, 0) is 0 Å². The van der Waals surface area contributed by atoms with E-state index in [0.717, 1.165) is 10.9 Å². The normalized spacial score (nSPS) is 10.6. The molecule has 98 valence electrons. The fraction of sp³-hybridized carbons (Fsp3) is 0. The second-order valence-electron chi connectivity index (χ2n) is 4.13. The number of carboxylic acids is 1. The van der Waals surface area contributed by atoms with Gasteiger partial charge in [0.2, 0.25) is 11.1 Å². The SMILES string of the molecule is O=C(O)c1nn(-c2cccc3ncccc23)ccc1=O. The molecule has 2 heterocycles. The second-order valence-corrected chi connectivity index (χ2v) is 4.13. The van der Waals surface area contributed by atoms with Gasteiger partial charge in [-0.15, -0.1) is 0 Å². The smallest absolute Gasteiger partial charge is 0.360 e. The summed E-state index contributed by atoms with van der Waals surface area (Å²) < 4.78 is 1.37. The minimum Gasteiger partial charge on any atom is -0.476 e. The van der Waals surface area contributed by atoms with E-state index in [4.69, 9.17) is 5.11 Å². The molecule has 0 saturated heterocycles. The van der Waals surface area contributed by atoms with Gasteiger partial charge in [0.15, 0.2) is 0 Å². The minimum atomic E-state index is -1.34. The van der Waals surface area contributed by atoms with E-state index in [-0.39, 0.29) is 0 Å². The van der Waals surface area contributed by atoms with E-state index < -0.39 is 17.1 Å². The summed E-state index contributed by atoms with van der Waals surface area (Å²) >= 11 is 0. The van der Waals surface area contributed by atoms with Crippen molar-refractivity contribution in [2.45, 2.75) is 0 Å². The van der Waals surface area contributed by atoms with Crippen LogP contribution in [0.25, 0.3) is 16.6 Å². The molecule has 6 heteroatoms. The molecule has 20 heavy (non-hydrogen) atoms. The Balaban J connectivity index is 2.29. The van der Waals surface area contributed by atoms with Crippen molar-refractivity contribution in [3.05, 3.63) is 64.7 Å². The zero-order valence-corrected chi connectivity index (χ0v) is 10.2. The van der Waals surface area contributed by atoms with Gasteiger partial charge in [-0.1, -0.05) is 6.07 Å².